The van der Waals surface area contributed by atoms with E-state index in [-0.39, 0.29) is 18.2 Å². The Hall–Kier alpha value is -3.34. The number of furan rings is 1. The van der Waals surface area contributed by atoms with Crippen molar-refractivity contribution in [2.24, 2.45) is 0 Å². The molecule has 0 radical (unpaired) electrons. The minimum absolute atomic E-state index is 0.131. The van der Waals surface area contributed by atoms with Gasteiger partial charge in [0, 0.05) is 5.56 Å². The number of benzene rings is 2. The minimum Gasteiger partial charge on any atom is -0.497 e. The van der Waals surface area contributed by atoms with Crippen molar-refractivity contribution in [1.82, 2.24) is 0 Å². The van der Waals surface area contributed by atoms with Crippen LogP contribution in [0.5, 0.6) is 11.5 Å². The number of carbonyl (C=O) groups excluding carboxylic acids is 1. The standard InChI is InChI=1S/C21H17FO4/c1-24-17-6-2-15(3-7-17)21(23)13-12-19-10-11-20(26-19)14-25-18-8-4-16(22)5-9-18/h2-13H,14H2,1H3/b13-12+. The molecule has 0 fully saturated rings. The predicted octanol–water partition coefficient (Wildman–Crippen LogP) is 4.90. The van der Waals surface area contributed by atoms with Crippen molar-refractivity contribution in [3.8, 4) is 11.5 Å². The average Bonchev–Trinajstić information content (AvgIpc) is 3.13. The van der Waals surface area contributed by atoms with Crippen LogP contribution in [0.15, 0.2) is 71.2 Å². The lowest BCUT2D eigenvalue weighted by Gasteiger charge is -2.03. The smallest absolute Gasteiger partial charge is 0.185 e. The summed E-state index contributed by atoms with van der Waals surface area (Å²) in [4.78, 5) is 12.1. The number of carbonyl (C=O) groups is 1. The number of rotatable bonds is 7. The van der Waals surface area contributed by atoms with Crippen molar-refractivity contribution in [2.75, 3.05) is 7.11 Å². The quantitative estimate of drug-likeness (QED) is 0.448. The van der Waals surface area contributed by atoms with E-state index in [9.17, 15) is 9.18 Å². The highest BCUT2D eigenvalue weighted by Gasteiger charge is 2.04. The molecule has 0 aliphatic carbocycles. The van der Waals surface area contributed by atoms with Crippen LogP contribution in [0, 0.1) is 5.82 Å². The summed E-state index contributed by atoms with van der Waals surface area (Å²) >= 11 is 0. The van der Waals surface area contributed by atoms with Crippen LogP contribution in [0.3, 0.4) is 0 Å². The highest BCUT2D eigenvalue weighted by Crippen LogP contribution is 2.16. The highest BCUT2D eigenvalue weighted by atomic mass is 19.1. The van der Waals surface area contributed by atoms with E-state index in [0.29, 0.717) is 28.6 Å². The third-order valence-electron chi connectivity index (χ3n) is 3.65. The van der Waals surface area contributed by atoms with E-state index in [1.165, 1.54) is 18.2 Å². The lowest BCUT2D eigenvalue weighted by molar-refractivity contribution is 0.104. The van der Waals surface area contributed by atoms with Crippen LogP contribution < -0.4 is 9.47 Å². The van der Waals surface area contributed by atoms with Gasteiger partial charge < -0.3 is 13.9 Å². The molecule has 0 aliphatic heterocycles. The minimum atomic E-state index is -0.315. The van der Waals surface area contributed by atoms with Gasteiger partial charge in [0.05, 0.1) is 7.11 Å². The Bertz CT molecular complexity index is 893. The van der Waals surface area contributed by atoms with Crippen molar-refractivity contribution in [1.29, 1.82) is 0 Å². The number of hydrogen-bond acceptors (Lipinski definition) is 4. The van der Waals surface area contributed by atoms with E-state index >= 15 is 0 Å². The Labute approximate surface area is 150 Å². The molecular formula is C21H17FO4. The topological polar surface area (TPSA) is 48.7 Å². The molecule has 132 valence electrons. The van der Waals surface area contributed by atoms with Gasteiger partial charge in [-0.05, 0) is 72.8 Å². The van der Waals surface area contributed by atoms with Crippen LogP contribution >= 0.6 is 0 Å². The lowest BCUT2D eigenvalue weighted by atomic mass is 10.1. The van der Waals surface area contributed by atoms with Gasteiger partial charge in [-0.25, -0.2) is 4.39 Å². The van der Waals surface area contributed by atoms with Gasteiger partial charge in [0.15, 0.2) is 5.78 Å². The van der Waals surface area contributed by atoms with E-state index in [0.717, 1.165) is 0 Å². The molecule has 1 heterocycles. The molecule has 4 nitrogen and oxygen atoms in total. The second-order valence-corrected chi connectivity index (χ2v) is 5.47. The Morgan fingerprint density at radius 1 is 1.00 bits per heavy atom. The van der Waals surface area contributed by atoms with Gasteiger partial charge >= 0.3 is 0 Å². The van der Waals surface area contributed by atoms with Crippen molar-refractivity contribution >= 4 is 11.9 Å². The fourth-order valence-corrected chi connectivity index (χ4v) is 2.26. The molecule has 0 N–H and O–H groups in total. The maximum absolute atomic E-state index is 12.8. The second kappa shape index (κ2) is 8.16. The zero-order valence-electron chi connectivity index (χ0n) is 14.1. The number of halogens is 1. The fourth-order valence-electron chi connectivity index (χ4n) is 2.26. The van der Waals surface area contributed by atoms with E-state index in [1.807, 2.05) is 0 Å². The number of ketones is 1. The van der Waals surface area contributed by atoms with Gasteiger partial charge in [0.1, 0.15) is 35.4 Å². The monoisotopic (exact) mass is 352 g/mol. The summed E-state index contributed by atoms with van der Waals surface area (Å²) in [5, 5.41) is 0. The first kappa shape index (κ1) is 17.5. The maximum atomic E-state index is 12.8. The molecular weight excluding hydrogens is 335 g/mol. The van der Waals surface area contributed by atoms with Crippen LogP contribution in [0.1, 0.15) is 21.9 Å². The summed E-state index contributed by atoms with van der Waals surface area (Å²) in [5.41, 5.74) is 0.563. The van der Waals surface area contributed by atoms with Gasteiger partial charge in [-0.2, -0.15) is 0 Å². The Morgan fingerprint density at radius 2 is 1.69 bits per heavy atom. The van der Waals surface area contributed by atoms with Crippen LogP contribution in [-0.4, -0.2) is 12.9 Å². The maximum Gasteiger partial charge on any atom is 0.185 e. The largest absolute Gasteiger partial charge is 0.497 e. The number of allylic oxidation sites excluding steroid dienone is 1. The highest BCUT2D eigenvalue weighted by molar-refractivity contribution is 6.06. The van der Waals surface area contributed by atoms with Crippen LogP contribution in [-0.2, 0) is 6.61 Å². The van der Waals surface area contributed by atoms with Gasteiger partial charge in [0.2, 0.25) is 0 Å². The normalized spacial score (nSPS) is 10.8. The zero-order chi connectivity index (χ0) is 18.4. The number of ether oxygens (including phenoxy) is 2. The molecule has 0 spiro atoms. The van der Waals surface area contributed by atoms with Gasteiger partial charge in [-0.3, -0.25) is 4.79 Å². The Morgan fingerprint density at radius 3 is 2.38 bits per heavy atom. The van der Waals surface area contributed by atoms with Crippen LogP contribution in [0.4, 0.5) is 4.39 Å². The zero-order valence-corrected chi connectivity index (χ0v) is 14.1. The van der Waals surface area contributed by atoms with Gasteiger partial charge in [-0.15, -0.1) is 0 Å². The first-order chi connectivity index (χ1) is 12.6. The second-order valence-electron chi connectivity index (χ2n) is 5.47. The molecule has 0 atom stereocenters. The summed E-state index contributed by atoms with van der Waals surface area (Å²) in [7, 11) is 1.57. The predicted molar refractivity (Wildman–Crippen MR) is 95.8 cm³/mol. The fraction of sp³-hybridized carbons (Fsp3) is 0.0952. The van der Waals surface area contributed by atoms with E-state index in [2.05, 4.69) is 0 Å². The number of methoxy groups -OCH3 is 1. The molecule has 0 bridgehead atoms. The summed E-state index contributed by atoms with van der Waals surface area (Å²) in [6, 6.07) is 16.1. The Balaban J connectivity index is 1.57. The van der Waals surface area contributed by atoms with Gasteiger partial charge in [0.25, 0.3) is 0 Å². The molecule has 26 heavy (non-hydrogen) atoms. The van der Waals surface area contributed by atoms with Crippen LogP contribution in [0.2, 0.25) is 0 Å². The van der Waals surface area contributed by atoms with Crippen LogP contribution in [0.25, 0.3) is 6.08 Å². The molecule has 0 aliphatic rings. The van der Waals surface area contributed by atoms with E-state index in [4.69, 9.17) is 13.9 Å². The molecule has 1 aromatic heterocycles. The average molecular weight is 352 g/mol. The van der Waals surface area contributed by atoms with Crippen molar-refractivity contribution < 1.29 is 23.1 Å². The van der Waals surface area contributed by atoms with Gasteiger partial charge in [-0.1, -0.05) is 0 Å². The summed E-state index contributed by atoms with van der Waals surface area (Å²) < 4.78 is 29.0. The van der Waals surface area contributed by atoms with Crippen molar-refractivity contribution in [2.45, 2.75) is 6.61 Å². The lowest BCUT2D eigenvalue weighted by Crippen LogP contribution is -1.94. The molecule has 2 aromatic carbocycles. The van der Waals surface area contributed by atoms with E-state index in [1.54, 1.807) is 61.7 Å². The number of hydrogen-bond donors (Lipinski definition) is 0. The molecule has 0 unspecified atom stereocenters. The summed E-state index contributed by atoms with van der Waals surface area (Å²) in [5.74, 6) is 1.95. The molecule has 5 heteroatoms. The van der Waals surface area contributed by atoms with E-state index < -0.39 is 0 Å². The molecule has 3 rings (SSSR count). The van der Waals surface area contributed by atoms with Crippen molar-refractivity contribution in [3.05, 3.63) is 89.6 Å². The Kier molecular flexibility index (Phi) is 5.49. The summed E-state index contributed by atoms with van der Waals surface area (Å²) in [6.07, 6.45) is 3.05. The van der Waals surface area contributed by atoms with Crippen molar-refractivity contribution in [3.63, 3.8) is 0 Å². The molecule has 0 amide bonds. The molecule has 3 aromatic rings. The first-order valence-electron chi connectivity index (χ1n) is 7.97. The third-order valence-corrected chi connectivity index (χ3v) is 3.65. The first-order valence-corrected chi connectivity index (χ1v) is 7.97. The molecule has 0 saturated heterocycles. The third kappa shape index (κ3) is 4.60. The summed E-state index contributed by atoms with van der Waals surface area (Å²) in [6.45, 7) is 0.214. The SMILES string of the molecule is COc1ccc(C(=O)/C=C/c2ccc(COc3ccc(F)cc3)o2)cc1. The molecule has 0 saturated carbocycles.